The summed E-state index contributed by atoms with van der Waals surface area (Å²) in [5.74, 6) is 0. The minimum Gasteiger partial charge on any atom is -0.197 e. The molecule has 0 bridgehead atoms. The maximum atomic E-state index is 7.83. The van der Waals surface area contributed by atoms with Gasteiger partial charge >= 0.3 is 0 Å². The second-order valence-corrected chi connectivity index (χ2v) is 3.31. The van der Waals surface area contributed by atoms with Crippen LogP contribution in [0.1, 0.15) is 11.1 Å². The van der Waals surface area contributed by atoms with Gasteiger partial charge in [-0.1, -0.05) is 71.8 Å². The lowest BCUT2D eigenvalue weighted by molar-refractivity contribution is 0.702. The molecule has 2 rings (SSSR count). The van der Waals surface area contributed by atoms with E-state index in [-0.39, 0.29) is 0 Å². The van der Waals surface area contributed by atoms with Crippen molar-refractivity contribution in [3.05, 3.63) is 71.8 Å². The van der Waals surface area contributed by atoms with Crippen molar-refractivity contribution in [1.82, 2.24) is 0 Å². The third-order valence-electron chi connectivity index (χ3n) is 1.88. The van der Waals surface area contributed by atoms with Gasteiger partial charge in [-0.2, -0.15) is 4.21 Å². The smallest absolute Gasteiger partial charge is 0.197 e. The number of hydrogen-bond acceptors (Lipinski definition) is 2. The van der Waals surface area contributed by atoms with Crippen LogP contribution < -0.4 is 0 Å². The summed E-state index contributed by atoms with van der Waals surface area (Å²) in [6.07, 6.45) is 0. The first kappa shape index (κ1) is 14.5. The third-order valence-corrected chi connectivity index (χ3v) is 1.88. The molecule has 0 atom stereocenters. The van der Waals surface area contributed by atoms with Gasteiger partial charge in [0, 0.05) is 0 Å². The third kappa shape index (κ3) is 7.83. The predicted octanol–water partition coefficient (Wildman–Crippen LogP) is 3.65. The fourth-order valence-corrected chi connectivity index (χ4v) is 1.07. The van der Waals surface area contributed by atoms with E-state index in [4.69, 9.17) is 4.21 Å². The molecule has 2 heteroatoms. The highest BCUT2D eigenvalue weighted by molar-refractivity contribution is 7.44. The average Bonchev–Trinajstić information content (AvgIpc) is 2.34. The highest BCUT2D eigenvalue weighted by Gasteiger charge is 1.72. The quantitative estimate of drug-likeness (QED) is 0.689. The normalized spacial score (nSPS) is 7.88. The van der Waals surface area contributed by atoms with Crippen molar-refractivity contribution in [2.75, 3.05) is 0 Å². The maximum absolute atomic E-state index is 7.83. The van der Waals surface area contributed by atoms with Crippen molar-refractivity contribution >= 4 is 12.5 Å². The van der Waals surface area contributed by atoms with Gasteiger partial charge in [0.1, 0.15) is 0 Å². The number of benzene rings is 2. The number of aryl methyl sites for hydroxylation is 2. The fourth-order valence-electron chi connectivity index (χ4n) is 1.07. The largest absolute Gasteiger partial charge is 0.197 e. The summed E-state index contributed by atoms with van der Waals surface area (Å²) in [5, 5.41) is 0. The van der Waals surface area contributed by atoms with Gasteiger partial charge in [0.25, 0.3) is 0 Å². The second-order valence-electron chi connectivity index (χ2n) is 3.31. The molecule has 84 valence electrons. The average molecular weight is 232 g/mol. The van der Waals surface area contributed by atoms with E-state index in [0.29, 0.717) is 0 Å². The van der Waals surface area contributed by atoms with Crippen LogP contribution in [0.4, 0.5) is 0 Å². The summed E-state index contributed by atoms with van der Waals surface area (Å²) in [4.78, 5) is 0. The summed E-state index contributed by atoms with van der Waals surface area (Å²) >= 11 is 2.83. The van der Waals surface area contributed by atoms with E-state index in [1.165, 1.54) is 11.1 Å². The molecule has 0 radical (unpaired) electrons. The van der Waals surface area contributed by atoms with E-state index >= 15 is 0 Å². The highest BCUT2D eigenvalue weighted by Crippen LogP contribution is 1.92. The topological polar surface area (TPSA) is 17.1 Å². The first-order valence-corrected chi connectivity index (χ1v) is 5.32. The van der Waals surface area contributed by atoms with Gasteiger partial charge in [-0.25, -0.2) is 0 Å². The van der Waals surface area contributed by atoms with E-state index in [0.717, 1.165) is 0 Å². The number of rotatable bonds is 0. The summed E-state index contributed by atoms with van der Waals surface area (Å²) in [5.41, 5.74) is 2.64. The summed E-state index contributed by atoms with van der Waals surface area (Å²) in [7, 11) is 0. The van der Waals surface area contributed by atoms with Gasteiger partial charge in [-0.05, 0) is 13.8 Å². The van der Waals surface area contributed by atoms with Crippen LogP contribution >= 0.6 is 0 Å². The zero-order valence-corrected chi connectivity index (χ0v) is 10.4. The molecular formula is C14H16OS. The molecule has 0 spiro atoms. The predicted molar refractivity (Wildman–Crippen MR) is 70.5 cm³/mol. The zero-order valence-electron chi connectivity index (χ0n) is 9.59. The molecule has 1 nitrogen and oxygen atoms in total. The monoisotopic (exact) mass is 232 g/mol. The minimum atomic E-state index is 1.32. The van der Waals surface area contributed by atoms with E-state index in [1.807, 2.05) is 36.4 Å². The van der Waals surface area contributed by atoms with Gasteiger partial charge in [0.15, 0.2) is 12.5 Å². The summed E-state index contributed by atoms with van der Waals surface area (Å²) in [6, 6.07) is 20.5. The van der Waals surface area contributed by atoms with Crippen LogP contribution in [0.25, 0.3) is 0 Å². The molecule has 16 heavy (non-hydrogen) atoms. The summed E-state index contributed by atoms with van der Waals surface area (Å²) < 4.78 is 7.83. The van der Waals surface area contributed by atoms with Crippen LogP contribution in [0.3, 0.4) is 0 Å². The Hall–Kier alpha value is -1.54. The Morgan fingerprint density at radius 2 is 0.875 bits per heavy atom. The van der Waals surface area contributed by atoms with Crippen molar-refractivity contribution in [2.45, 2.75) is 13.8 Å². The molecule has 0 aliphatic rings. The minimum absolute atomic E-state index is 1.32. The Morgan fingerprint density at radius 1 is 0.625 bits per heavy atom. The lowest BCUT2D eigenvalue weighted by Crippen LogP contribution is -1.62. The van der Waals surface area contributed by atoms with Gasteiger partial charge in [-0.3, -0.25) is 0 Å². The van der Waals surface area contributed by atoms with Crippen molar-refractivity contribution in [3.63, 3.8) is 0 Å². The van der Waals surface area contributed by atoms with Gasteiger partial charge in [0.05, 0.1) is 0 Å². The zero-order chi connectivity index (χ0) is 12.2. The van der Waals surface area contributed by atoms with Crippen LogP contribution in [0.2, 0.25) is 0 Å². The molecule has 0 aliphatic carbocycles. The van der Waals surface area contributed by atoms with Crippen molar-refractivity contribution in [2.24, 2.45) is 0 Å². The van der Waals surface area contributed by atoms with Crippen LogP contribution in [0.5, 0.6) is 0 Å². The van der Waals surface area contributed by atoms with Gasteiger partial charge in [-0.15, -0.1) is 0 Å². The van der Waals surface area contributed by atoms with E-state index in [2.05, 4.69) is 50.6 Å². The Balaban J connectivity index is 0.000000244. The maximum Gasteiger partial charge on any atom is 0.197 e. The molecular weight excluding hydrogens is 216 g/mol. The number of hydrogen-bond donors (Lipinski definition) is 0. The Kier molecular flexibility index (Phi) is 9.03. The SMILES string of the molecule is Cc1ccccc1.Cc1ccccc1.O=S. The molecule has 0 aromatic heterocycles. The van der Waals surface area contributed by atoms with Crippen molar-refractivity contribution in [3.8, 4) is 0 Å². The van der Waals surface area contributed by atoms with Crippen molar-refractivity contribution in [1.29, 1.82) is 0 Å². The molecule has 0 N–H and O–H groups in total. The summed E-state index contributed by atoms with van der Waals surface area (Å²) in [6.45, 7) is 4.17. The van der Waals surface area contributed by atoms with Crippen LogP contribution in [0, 0.1) is 13.8 Å². The molecule has 0 saturated heterocycles. The molecule has 0 aliphatic heterocycles. The Labute approximate surface area is 103 Å². The van der Waals surface area contributed by atoms with Crippen LogP contribution in [-0.2, 0) is 12.5 Å². The lowest BCUT2D eigenvalue weighted by Gasteiger charge is -1.82. The molecule has 0 heterocycles. The van der Waals surface area contributed by atoms with Crippen LogP contribution in [-0.4, -0.2) is 4.21 Å². The first-order chi connectivity index (χ1) is 7.79. The Bertz CT molecular complexity index is 322. The molecule has 2 aromatic carbocycles. The van der Waals surface area contributed by atoms with Crippen molar-refractivity contribution < 1.29 is 4.21 Å². The van der Waals surface area contributed by atoms with Crippen LogP contribution in [0.15, 0.2) is 60.7 Å². The Morgan fingerprint density at radius 3 is 1.00 bits per heavy atom. The van der Waals surface area contributed by atoms with E-state index in [1.54, 1.807) is 0 Å². The second kappa shape index (κ2) is 9.99. The highest BCUT2D eigenvalue weighted by atomic mass is 32.1. The fraction of sp³-hybridized carbons (Fsp3) is 0.143. The van der Waals surface area contributed by atoms with E-state index < -0.39 is 0 Å². The lowest BCUT2D eigenvalue weighted by atomic mass is 10.2. The van der Waals surface area contributed by atoms with E-state index in [9.17, 15) is 0 Å². The molecule has 0 saturated carbocycles. The first-order valence-electron chi connectivity index (χ1n) is 4.99. The van der Waals surface area contributed by atoms with Gasteiger partial charge < -0.3 is 0 Å². The molecule has 0 amide bonds. The van der Waals surface area contributed by atoms with Gasteiger partial charge in [0.2, 0.25) is 0 Å². The molecule has 0 fully saturated rings. The molecule has 2 aromatic rings. The molecule has 0 unspecified atom stereocenters. The standard InChI is InChI=1S/2C7H8.OS/c2*1-7-5-3-2-4-6-7;1-2/h2*2-6H,1H3;.